The van der Waals surface area contributed by atoms with E-state index in [0.29, 0.717) is 13.0 Å². The minimum absolute atomic E-state index is 0.0741. The van der Waals surface area contributed by atoms with Gasteiger partial charge in [-0.25, -0.2) is 8.42 Å². The smallest absolute Gasteiger partial charge is 0.248 e. The van der Waals surface area contributed by atoms with Crippen LogP contribution >= 0.6 is 0 Å². The highest BCUT2D eigenvalue weighted by atomic mass is 32.2. The van der Waals surface area contributed by atoms with Gasteiger partial charge in [-0.05, 0) is 18.6 Å². The SMILES string of the molecule is CN1C(=O)CO[C@@H]2CCN(S(=O)(=O)c3ccccc3)C[C@@H]21. The van der Waals surface area contributed by atoms with E-state index < -0.39 is 10.0 Å². The third kappa shape index (κ3) is 2.56. The molecule has 21 heavy (non-hydrogen) atoms. The number of morpholine rings is 1. The topological polar surface area (TPSA) is 66.9 Å². The molecule has 1 aromatic carbocycles. The van der Waals surface area contributed by atoms with Gasteiger partial charge in [0.05, 0.1) is 17.0 Å². The molecule has 2 heterocycles. The van der Waals surface area contributed by atoms with Gasteiger partial charge in [0.25, 0.3) is 0 Å². The fourth-order valence-corrected chi connectivity index (χ4v) is 4.37. The zero-order valence-corrected chi connectivity index (χ0v) is 12.6. The normalized spacial score (nSPS) is 27.5. The summed E-state index contributed by atoms with van der Waals surface area (Å²) in [5.74, 6) is -0.102. The van der Waals surface area contributed by atoms with Crippen molar-refractivity contribution in [2.45, 2.75) is 23.5 Å². The van der Waals surface area contributed by atoms with Crippen molar-refractivity contribution in [1.29, 1.82) is 0 Å². The Morgan fingerprint density at radius 3 is 2.67 bits per heavy atom. The fraction of sp³-hybridized carbons (Fsp3) is 0.500. The highest BCUT2D eigenvalue weighted by molar-refractivity contribution is 7.89. The average molecular weight is 310 g/mol. The van der Waals surface area contributed by atoms with Crippen molar-refractivity contribution in [3.63, 3.8) is 0 Å². The van der Waals surface area contributed by atoms with E-state index in [1.165, 1.54) is 4.31 Å². The molecule has 1 amide bonds. The number of hydrogen-bond donors (Lipinski definition) is 0. The van der Waals surface area contributed by atoms with Gasteiger partial charge >= 0.3 is 0 Å². The molecule has 2 aliphatic heterocycles. The lowest BCUT2D eigenvalue weighted by atomic mass is 10.0. The number of carbonyl (C=O) groups is 1. The van der Waals surface area contributed by atoms with Crippen molar-refractivity contribution in [3.8, 4) is 0 Å². The van der Waals surface area contributed by atoms with Crippen LogP contribution in [0.25, 0.3) is 0 Å². The maximum absolute atomic E-state index is 12.6. The maximum atomic E-state index is 12.6. The molecular formula is C14H18N2O4S. The van der Waals surface area contributed by atoms with Crippen LogP contribution in [0.5, 0.6) is 0 Å². The minimum Gasteiger partial charge on any atom is -0.366 e. The molecule has 0 saturated carbocycles. The van der Waals surface area contributed by atoms with Gasteiger partial charge in [-0.15, -0.1) is 0 Å². The van der Waals surface area contributed by atoms with Crippen LogP contribution < -0.4 is 0 Å². The molecule has 0 unspecified atom stereocenters. The molecule has 0 N–H and O–H groups in total. The molecule has 0 radical (unpaired) electrons. The van der Waals surface area contributed by atoms with Crippen LogP contribution in [0.2, 0.25) is 0 Å². The molecule has 114 valence electrons. The first-order valence-electron chi connectivity index (χ1n) is 6.92. The third-order valence-corrected chi connectivity index (χ3v) is 6.05. The second-order valence-electron chi connectivity index (χ2n) is 5.39. The van der Waals surface area contributed by atoms with Gasteiger partial charge in [-0.3, -0.25) is 4.79 Å². The number of nitrogens with zero attached hydrogens (tertiary/aromatic N) is 2. The number of rotatable bonds is 2. The Kier molecular flexibility index (Phi) is 3.73. The third-order valence-electron chi connectivity index (χ3n) is 4.18. The first kappa shape index (κ1) is 14.5. The lowest BCUT2D eigenvalue weighted by Crippen LogP contribution is -2.61. The summed E-state index contributed by atoms with van der Waals surface area (Å²) in [5, 5.41) is 0. The number of likely N-dealkylation sites (N-methyl/N-ethyl adjacent to an activating group) is 1. The summed E-state index contributed by atoms with van der Waals surface area (Å²) in [6.07, 6.45) is 0.531. The van der Waals surface area contributed by atoms with Crippen molar-refractivity contribution in [3.05, 3.63) is 30.3 Å². The van der Waals surface area contributed by atoms with E-state index in [-0.39, 0.29) is 36.1 Å². The number of piperidine rings is 1. The Hall–Kier alpha value is -1.44. The van der Waals surface area contributed by atoms with Crippen molar-refractivity contribution in [2.24, 2.45) is 0 Å². The Bertz CT molecular complexity index is 632. The first-order chi connectivity index (χ1) is 10.00. The van der Waals surface area contributed by atoms with Crippen LogP contribution in [0, 0.1) is 0 Å². The maximum Gasteiger partial charge on any atom is 0.248 e. The molecule has 7 heteroatoms. The number of fused-ring (bicyclic) bond motifs is 1. The van der Waals surface area contributed by atoms with E-state index in [2.05, 4.69) is 0 Å². The van der Waals surface area contributed by atoms with Crippen molar-refractivity contribution in [1.82, 2.24) is 9.21 Å². The van der Waals surface area contributed by atoms with Gasteiger partial charge in [0.2, 0.25) is 15.9 Å². The molecule has 3 rings (SSSR count). The van der Waals surface area contributed by atoms with Crippen molar-refractivity contribution >= 4 is 15.9 Å². The molecule has 0 bridgehead atoms. The standard InChI is InChI=1S/C14H18N2O4S/c1-15-12-9-16(8-7-13(12)20-10-14(15)17)21(18,19)11-5-3-2-4-6-11/h2-6,12-13H,7-10H2,1H3/t12-,13+/m0/s1. The van der Waals surface area contributed by atoms with Crippen molar-refractivity contribution < 1.29 is 17.9 Å². The predicted molar refractivity (Wildman–Crippen MR) is 76.1 cm³/mol. The van der Waals surface area contributed by atoms with Crippen molar-refractivity contribution in [2.75, 3.05) is 26.7 Å². The monoisotopic (exact) mass is 310 g/mol. The lowest BCUT2D eigenvalue weighted by Gasteiger charge is -2.44. The summed E-state index contributed by atoms with van der Waals surface area (Å²) in [5.41, 5.74) is 0. The number of benzene rings is 1. The summed E-state index contributed by atoms with van der Waals surface area (Å²) in [6, 6.07) is 8.17. The molecule has 6 nitrogen and oxygen atoms in total. The van der Waals surface area contributed by atoms with Gasteiger partial charge in [-0.1, -0.05) is 18.2 Å². The predicted octanol–water partition coefficient (Wildman–Crippen LogP) is 0.307. The van der Waals surface area contributed by atoms with Gasteiger partial charge in [-0.2, -0.15) is 4.31 Å². The van der Waals surface area contributed by atoms with Crippen LogP contribution in [0.15, 0.2) is 35.2 Å². The zero-order chi connectivity index (χ0) is 15.0. The second kappa shape index (κ2) is 5.40. The first-order valence-corrected chi connectivity index (χ1v) is 8.36. The molecule has 2 atom stereocenters. The van der Waals surface area contributed by atoms with E-state index in [9.17, 15) is 13.2 Å². The van der Waals surface area contributed by atoms with Crippen LogP contribution in [0.3, 0.4) is 0 Å². The van der Waals surface area contributed by atoms with E-state index in [1.54, 1.807) is 42.3 Å². The second-order valence-corrected chi connectivity index (χ2v) is 7.32. The van der Waals surface area contributed by atoms with Gasteiger partial charge in [0.1, 0.15) is 6.61 Å². The Labute approximate surface area is 124 Å². The van der Waals surface area contributed by atoms with Gasteiger partial charge in [0.15, 0.2) is 0 Å². The summed E-state index contributed by atoms with van der Waals surface area (Å²) in [7, 11) is -1.80. The Morgan fingerprint density at radius 2 is 1.95 bits per heavy atom. The number of amides is 1. The zero-order valence-electron chi connectivity index (χ0n) is 11.8. The number of hydrogen-bond acceptors (Lipinski definition) is 4. The van der Waals surface area contributed by atoms with E-state index in [4.69, 9.17) is 4.74 Å². The summed E-state index contributed by atoms with van der Waals surface area (Å²) in [4.78, 5) is 13.6. The van der Waals surface area contributed by atoms with Crippen LogP contribution in [0.1, 0.15) is 6.42 Å². The van der Waals surface area contributed by atoms with E-state index in [0.717, 1.165) is 0 Å². The molecule has 2 saturated heterocycles. The molecule has 0 aliphatic carbocycles. The van der Waals surface area contributed by atoms with Gasteiger partial charge in [0, 0.05) is 20.1 Å². The van der Waals surface area contributed by atoms with Gasteiger partial charge < -0.3 is 9.64 Å². The average Bonchev–Trinajstić information content (AvgIpc) is 2.51. The molecular weight excluding hydrogens is 292 g/mol. The summed E-state index contributed by atoms with van der Waals surface area (Å²) < 4.78 is 32.2. The van der Waals surface area contributed by atoms with E-state index in [1.807, 2.05) is 0 Å². The van der Waals surface area contributed by atoms with E-state index >= 15 is 0 Å². The molecule has 1 aromatic rings. The number of carbonyl (C=O) groups excluding carboxylic acids is 1. The molecule has 2 aliphatic rings. The minimum atomic E-state index is -3.51. The molecule has 2 fully saturated rings. The molecule has 0 spiro atoms. The largest absolute Gasteiger partial charge is 0.366 e. The highest BCUT2D eigenvalue weighted by Gasteiger charge is 2.41. The Balaban J connectivity index is 1.83. The summed E-state index contributed by atoms with van der Waals surface area (Å²) in [6.45, 7) is 0.785. The Morgan fingerprint density at radius 1 is 1.24 bits per heavy atom. The molecule has 0 aromatic heterocycles. The van der Waals surface area contributed by atoms with Crippen LogP contribution in [0.4, 0.5) is 0 Å². The quantitative estimate of drug-likeness (QED) is 0.788. The highest BCUT2D eigenvalue weighted by Crippen LogP contribution is 2.26. The fourth-order valence-electron chi connectivity index (χ4n) is 2.87. The van der Waals surface area contributed by atoms with Crippen LogP contribution in [-0.4, -0.2) is 62.4 Å². The number of sulfonamides is 1. The lowest BCUT2D eigenvalue weighted by molar-refractivity contribution is -0.158. The van der Waals surface area contributed by atoms with Crippen LogP contribution in [-0.2, 0) is 19.6 Å². The summed E-state index contributed by atoms with van der Waals surface area (Å²) >= 11 is 0. The number of ether oxygens (including phenoxy) is 1.